The summed E-state index contributed by atoms with van der Waals surface area (Å²) in [5.41, 5.74) is 10.3. The van der Waals surface area contributed by atoms with Gasteiger partial charge in [-0.25, -0.2) is 19.9 Å². The molecule has 0 aliphatic carbocycles. The first kappa shape index (κ1) is 16.0. The number of aromatic nitrogens is 6. The zero-order chi connectivity index (χ0) is 18.1. The Kier molecular flexibility index (Phi) is 3.96. The number of nitrogens with two attached hydrogens (primary N) is 1. The van der Waals surface area contributed by atoms with Gasteiger partial charge in [-0.05, 0) is 5.56 Å². The molecule has 0 atom stereocenters. The molecular formula is C19H19N7. The summed E-state index contributed by atoms with van der Waals surface area (Å²) in [5, 5.41) is 0. The van der Waals surface area contributed by atoms with E-state index in [2.05, 4.69) is 43.8 Å². The smallest absolute Gasteiger partial charge is 0.197 e. The van der Waals surface area contributed by atoms with Crippen molar-refractivity contribution in [2.75, 3.05) is 5.73 Å². The second-order valence-corrected chi connectivity index (χ2v) is 6.39. The summed E-state index contributed by atoms with van der Waals surface area (Å²) < 4.78 is 0. The first-order chi connectivity index (χ1) is 12.6. The zero-order valence-corrected chi connectivity index (χ0v) is 14.6. The molecule has 1 aromatic carbocycles. The molecule has 7 heteroatoms. The predicted octanol–water partition coefficient (Wildman–Crippen LogP) is 3.63. The quantitative estimate of drug-likeness (QED) is 0.523. The molecule has 0 aliphatic heterocycles. The van der Waals surface area contributed by atoms with Crippen molar-refractivity contribution in [3.8, 4) is 33.9 Å². The maximum atomic E-state index is 5.62. The minimum Gasteiger partial charge on any atom is -0.369 e. The lowest BCUT2D eigenvalue weighted by Gasteiger charge is -2.03. The normalized spacial score (nSPS) is 11.2. The Labute approximate surface area is 150 Å². The Morgan fingerprint density at radius 2 is 1.35 bits per heavy atom. The lowest BCUT2D eigenvalue weighted by atomic mass is 10.1. The van der Waals surface area contributed by atoms with Crippen molar-refractivity contribution in [2.45, 2.75) is 19.8 Å². The molecule has 0 amide bonds. The summed E-state index contributed by atoms with van der Waals surface area (Å²) in [4.78, 5) is 23.7. The van der Waals surface area contributed by atoms with E-state index in [0.717, 1.165) is 33.9 Å². The molecule has 4 rings (SSSR count). The van der Waals surface area contributed by atoms with Gasteiger partial charge < -0.3 is 15.7 Å². The fourth-order valence-electron chi connectivity index (χ4n) is 2.68. The molecule has 0 bridgehead atoms. The highest BCUT2D eigenvalue weighted by Crippen LogP contribution is 2.24. The molecule has 4 aromatic rings. The lowest BCUT2D eigenvalue weighted by molar-refractivity contribution is 0.795. The summed E-state index contributed by atoms with van der Waals surface area (Å²) in [6, 6.07) is 7.94. The van der Waals surface area contributed by atoms with Gasteiger partial charge in [0.2, 0.25) is 0 Å². The highest BCUT2D eigenvalue weighted by molar-refractivity contribution is 5.66. The summed E-state index contributed by atoms with van der Waals surface area (Å²) in [6.45, 7) is 4.20. The van der Waals surface area contributed by atoms with Crippen LogP contribution < -0.4 is 5.73 Å². The molecule has 0 radical (unpaired) electrons. The van der Waals surface area contributed by atoms with Gasteiger partial charge in [0.1, 0.15) is 5.82 Å². The fourth-order valence-corrected chi connectivity index (χ4v) is 2.68. The van der Waals surface area contributed by atoms with E-state index in [-0.39, 0.29) is 0 Å². The van der Waals surface area contributed by atoms with Crippen molar-refractivity contribution in [2.24, 2.45) is 0 Å². The minimum atomic E-state index is 0.354. The second-order valence-electron chi connectivity index (χ2n) is 6.39. The average molecular weight is 345 g/mol. The monoisotopic (exact) mass is 345 g/mol. The van der Waals surface area contributed by atoms with Gasteiger partial charge in [-0.3, -0.25) is 0 Å². The number of nitrogens with zero attached hydrogens (tertiary/aromatic N) is 4. The van der Waals surface area contributed by atoms with Crippen LogP contribution in [-0.4, -0.2) is 29.9 Å². The highest BCUT2D eigenvalue weighted by atomic mass is 15.0. The number of hydrogen-bond acceptors (Lipinski definition) is 5. The van der Waals surface area contributed by atoms with E-state index in [1.54, 1.807) is 6.20 Å². The third kappa shape index (κ3) is 3.06. The van der Waals surface area contributed by atoms with Crippen molar-refractivity contribution in [1.29, 1.82) is 0 Å². The number of imidazole rings is 2. The van der Waals surface area contributed by atoms with E-state index in [1.165, 1.54) is 0 Å². The van der Waals surface area contributed by atoms with Crippen LogP contribution in [0, 0.1) is 0 Å². The van der Waals surface area contributed by atoms with Crippen LogP contribution in [0.15, 0.2) is 49.1 Å². The number of nitrogen functional groups attached to an aromatic ring is 1. The predicted molar refractivity (Wildman–Crippen MR) is 101 cm³/mol. The molecule has 0 unspecified atom stereocenters. The van der Waals surface area contributed by atoms with Crippen LogP contribution in [-0.2, 0) is 0 Å². The number of rotatable bonds is 4. The molecule has 3 aromatic heterocycles. The first-order valence-electron chi connectivity index (χ1n) is 8.39. The van der Waals surface area contributed by atoms with E-state index >= 15 is 0 Å². The van der Waals surface area contributed by atoms with Gasteiger partial charge in [0.15, 0.2) is 11.8 Å². The van der Waals surface area contributed by atoms with E-state index in [0.29, 0.717) is 17.7 Å². The SMILES string of the molecule is CC(C)c1ncc(-c2cnc(-c3ccc(-c4cnc(N)[nH]4)cc3)nc2)[nH]1. The standard InChI is InChI=1S/C19H19N7/c1-11(2)17-23-9-16(25-17)14-7-21-18(22-8-14)13-5-3-12(4-6-13)15-10-24-19(20)26-15/h3-11H,1-2H3,(H,23,25)(H3,20,24,26). The van der Waals surface area contributed by atoms with Crippen LogP contribution >= 0.6 is 0 Å². The minimum absolute atomic E-state index is 0.354. The largest absolute Gasteiger partial charge is 0.369 e. The van der Waals surface area contributed by atoms with Crippen molar-refractivity contribution in [3.63, 3.8) is 0 Å². The third-order valence-electron chi connectivity index (χ3n) is 4.15. The van der Waals surface area contributed by atoms with Crippen molar-refractivity contribution in [1.82, 2.24) is 29.9 Å². The summed E-state index contributed by atoms with van der Waals surface area (Å²) >= 11 is 0. The van der Waals surface area contributed by atoms with Crippen LogP contribution in [0.4, 0.5) is 5.95 Å². The number of anilines is 1. The Bertz CT molecular complexity index is 1010. The summed E-state index contributed by atoms with van der Waals surface area (Å²) in [6.07, 6.45) is 7.15. The number of aromatic amines is 2. The molecule has 0 fully saturated rings. The van der Waals surface area contributed by atoms with E-state index in [4.69, 9.17) is 5.73 Å². The Morgan fingerprint density at radius 1 is 0.731 bits per heavy atom. The number of H-pyrrole nitrogens is 2. The molecule has 0 saturated heterocycles. The van der Waals surface area contributed by atoms with Crippen LogP contribution in [0.1, 0.15) is 25.6 Å². The van der Waals surface area contributed by atoms with Crippen LogP contribution in [0.5, 0.6) is 0 Å². The van der Waals surface area contributed by atoms with E-state index in [1.807, 2.05) is 42.9 Å². The molecule has 4 N–H and O–H groups in total. The van der Waals surface area contributed by atoms with E-state index < -0.39 is 0 Å². The van der Waals surface area contributed by atoms with Gasteiger partial charge in [-0.15, -0.1) is 0 Å². The molecule has 0 spiro atoms. The van der Waals surface area contributed by atoms with Gasteiger partial charge in [0, 0.05) is 29.4 Å². The molecular weight excluding hydrogens is 326 g/mol. The Balaban J connectivity index is 1.56. The maximum absolute atomic E-state index is 5.62. The molecule has 7 nitrogen and oxygen atoms in total. The number of benzene rings is 1. The average Bonchev–Trinajstić information content (AvgIpc) is 3.31. The molecule has 0 saturated carbocycles. The number of hydrogen-bond donors (Lipinski definition) is 3. The molecule has 130 valence electrons. The van der Waals surface area contributed by atoms with Gasteiger partial charge in [-0.1, -0.05) is 38.1 Å². The summed E-state index contributed by atoms with van der Waals surface area (Å²) in [5.74, 6) is 2.39. The highest BCUT2D eigenvalue weighted by Gasteiger charge is 2.09. The summed E-state index contributed by atoms with van der Waals surface area (Å²) in [7, 11) is 0. The van der Waals surface area contributed by atoms with Gasteiger partial charge in [-0.2, -0.15) is 0 Å². The third-order valence-corrected chi connectivity index (χ3v) is 4.15. The van der Waals surface area contributed by atoms with Gasteiger partial charge >= 0.3 is 0 Å². The van der Waals surface area contributed by atoms with E-state index in [9.17, 15) is 0 Å². The number of nitrogens with one attached hydrogen (secondary N) is 2. The van der Waals surface area contributed by atoms with Crippen LogP contribution in [0.25, 0.3) is 33.9 Å². The molecule has 3 heterocycles. The van der Waals surface area contributed by atoms with Crippen LogP contribution in [0.2, 0.25) is 0 Å². The second kappa shape index (κ2) is 6.44. The first-order valence-corrected chi connectivity index (χ1v) is 8.39. The zero-order valence-electron chi connectivity index (χ0n) is 14.6. The van der Waals surface area contributed by atoms with Crippen molar-refractivity contribution < 1.29 is 0 Å². The van der Waals surface area contributed by atoms with Crippen LogP contribution in [0.3, 0.4) is 0 Å². The van der Waals surface area contributed by atoms with Crippen molar-refractivity contribution >= 4 is 5.95 Å². The molecule has 26 heavy (non-hydrogen) atoms. The Hall–Kier alpha value is -3.48. The Morgan fingerprint density at radius 3 is 1.92 bits per heavy atom. The topological polar surface area (TPSA) is 109 Å². The van der Waals surface area contributed by atoms with Gasteiger partial charge in [0.25, 0.3) is 0 Å². The van der Waals surface area contributed by atoms with Gasteiger partial charge in [0.05, 0.1) is 23.8 Å². The maximum Gasteiger partial charge on any atom is 0.197 e. The lowest BCUT2D eigenvalue weighted by Crippen LogP contribution is -1.92. The fraction of sp³-hybridized carbons (Fsp3) is 0.158. The molecule has 0 aliphatic rings. The van der Waals surface area contributed by atoms with Crippen molar-refractivity contribution in [3.05, 3.63) is 54.9 Å².